The highest BCUT2D eigenvalue weighted by Gasteiger charge is 2.29. The van der Waals surface area contributed by atoms with Crippen LogP contribution in [0, 0.1) is 0 Å². The second kappa shape index (κ2) is 7.03. The van der Waals surface area contributed by atoms with Crippen LogP contribution in [-0.2, 0) is 11.3 Å². The fourth-order valence-corrected chi connectivity index (χ4v) is 3.16. The number of nitrogens with zero attached hydrogens (tertiary/aromatic N) is 4. The maximum atomic E-state index is 12.3. The first-order chi connectivity index (χ1) is 12.6. The Balaban J connectivity index is 1.34. The maximum Gasteiger partial charge on any atom is 0.253 e. The van der Waals surface area contributed by atoms with Gasteiger partial charge in [-0.15, -0.1) is 10.2 Å². The molecule has 4 rings (SSSR count). The van der Waals surface area contributed by atoms with Crippen LogP contribution >= 0.6 is 0 Å². The SMILES string of the molecule is CC1CN(c2ccc(C(=O)NCc3nnc(C4CC4)o3)cn2)CC(C)O1. The van der Waals surface area contributed by atoms with Gasteiger partial charge in [0.05, 0.1) is 24.3 Å². The van der Waals surface area contributed by atoms with Crippen LogP contribution in [0.2, 0.25) is 0 Å². The molecular formula is C18H23N5O3. The Hall–Kier alpha value is -2.48. The van der Waals surface area contributed by atoms with E-state index in [1.165, 1.54) is 0 Å². The molecule has 1 saturated carbocycles. The van der Waals surface area contributed by atoms with Gasteiger partial charge in [0.25, 0.3) is 5.91 Å². The lowest BCUT2D eigenvalue weighted by atomic mass is 10.2. The lowest BCUT2D eigenvalue weighted by Crippen LogP contribution is -2.45. The van der Waals surface area contributed by atoms with Crippen molar-refractivity contribution in [1.29, 1.82) is 0 Å². The molecule has 0 bridgehead atoms. The largest absolute Gasteiger partial charge is 0.423 e. The normalized spacial score (nSPS) is 23.1. The summed E-state index contributed by atoms with van der Waals surface area (Å²) in [7, 11) is 0. The number of carbonyl (C=O) groups is 1. The van der Waals surface area contributed by atoms with Gasteiger partial charge in [-0.25, -0.2) is 4.98 Å². The third-order valence-electron chi connectivity index (χ3n) is 4.56. The summed E-state index contributed by atoms with van der Waals surface area (Å²) in [4.78, 5) is 18.9. The Morgan fingerprint density at radius 3 is 2.65 bits per heavy atom. The van der Waals surface area contributed by atoms with Crippen molar-refractivity contribution < 1.29 is 13.9 Å². The van der Waals surface area contributed by atoms with Crippen LogP contribution in [0.25, 0.3) is 0 Å². The quantitative estimate of drug-likeness (QED) is 0.873. The van der Waals surface area contributed by atoms with Gasteiger partial charge in [0.2, 0.25) is 11.8 Å². The maximum absolute atomic E-state index is 12.3. The number of amides is 1. The summed E-state index contributed by atoms with van der Waals surface area (Å²) in [5.74, 6) is 2.16. The van der Waals surface area contributed by atoms with E-state index in [-0.39, 0.29) is 24.7 Å². The molecule has 1 aliphatic carbocycles. The van der Waals surface area contributed by atoms with Crippen LogP contribution < -0.4 is 10.2 Å². The minimum atomic E-state index is -0.209. The predicted molar refractivity (Wildman–Crippen MR) is 93.9 cm³/mol. The molecule has 2 aliphatic rings. The Bertz CT molecular complexity index is 761. The number of ether oxygens (including phenoxy) is 1. The number of anilines is 1. The van der Waals surface area contributed by atoms with E-state index in [0.29, 0.717) is 23.3 Å². The molecule has 0 aromatic carbocycles. The molecule has 2 atom stereocenters. The monoisotopic (exact) mass is 357 g/mol. The fourth-order valence-electron chi connectivity index (χ4n) is 3.16. The summed E-state index contributed by atoms with van der Waals surface area (Å²) >= 11 is 0. The molecule has 26 heavy (non-hydrogen) atoms. The van der Waals surface area contributed by atoms with Crippen LogP contribution in [0.15, 0.2) is 22.7 Å². The van der Waals surface area contributed by atoms with Gasteiger partial charge in [-0.3, -0.25) is 4.79 Å². The third kappa shape index (κ3) is 3.85. The minimum Gasteiger partial charge on any atom is -0.423 e. The molecule has 2 fully saturated rings. The van der Waals surface area contributed by atoms with E-state index in [2.05, 4.69) is 39.2 Å². The number of morpholine rings is 1. The van der Waals surface area contributed by atoms with Crippen molar-refractivity contribution in [1.82, 2.24) is 20.5 Å². The molecule has 1 aliphatic heterocycles. The van der Waals surface area contributed by atoms with Crippen molar-refractivity contribution >= 4 is 11.7 Å². The summed E-state index contributed by atoms with van der Waals surface area (Å²) < 4.78 is 11.3. The lowest BCUT2D eigenvalue weighted by Gasteiger charge is -2.36. The summed E-state index contributed by atoms with van der Waals surface area (Å²) in [6.45, 7) is 5.92. The summed E-state index contributed by atoms with van der Waals surface area (Å²) in [5, 5.41) is 10.8. The highest BCUT2D eigenvalue weighted by Crippen LogP contribution is 2.38. The van der Waals surface area contributed by atoms with Crippen molar-refractivity contribution in [2.45, 2.75) is 51.4 Å². The van der Waals surface area contributed by atoms with E-state index >= 15 is 0 Å². The molecule has 2 aromatic heterocycles. The zero-order valence-corrected chi connectivity index (χ0v) is 15.0. The first-order valence-corrected chi connectivity index (χ1v) is 9.05. The van der Waals surface area contributed by atoms with E-state index in [9.17, 15) is 4.79 Å². The van der Waals surface area contributed by atoms with Crippen molar-refractivity contribution in [2.24, 2.45) is 0 Å². The highest BCUT2D eigenvalue weighted by atomic mass is 16.5. The van der Waals surface area contributed by atoms with Gasteiger partial charge in [-0.05, 0) is 38.8 Å². The zero-order valence-electron chi connectivity index (χ0n) is 15.0. The second-order valence-corrected chi connectivity index (χ2v) is 7.06. The number of hydrogen-bond donors (Lipinski definition) is 1. The number of pyridine rings is 1. The standard InChI is InChI=1S/C18H23N5O3/c1-11-9-23(10-12(2)25-11)15-6-5-14(7-19-15)17(24)20-8-16-21-22-18(26-16)13-3-4-13/h5-7,11-13H,3-4,8-10H2,1-2H3,(H,20,24). The lowest BCUT2D eigenvalue weighted by molar-refractivity contribution is -0.00546. The second-order valence-electron chi connectivity index (χ2n) is 7.06. The van der Waals surface area contributed by atoms with Crippen LogP contribution in [0.5, 0.6) is 0 Å². The van der Waals surface area contributed by atoms with Gasteiger partial charge in [-0.1, -0.05) is 0 Å². The predicted octanol–water partition coefficient (Wildman–Crippen LogP) is 1.89. The summed E-state index contributed by atoms with van der Waals surface area (Å²) in [6.07, 6.45) is 4.13. The smallest absolute Gasteiger partial charge is 0.253 e. The van der Waals surface area contributed by atoms with E-state index in [0.717, 1.165) is 31.7 Å². The topological polar surface area (TPSA) is 93.4 Å². The molecule has 0 radical (unpaired) electrons. The zero-order chi connectivity index (χ0) is 18.1. The first kappa shape index (κ1) is 17.0. The molecule has 138 valence electrons. The summed E-state index contributed by atoms with van der Waals surface area (Å²) in [5.41, 5.74) is 0.505. The van der Waals surface area contributed by atoms with E-state index in [4.69, 9.17) is 9.15 Å². The molecule has 8 heteroatoms. The number of hydrogen-bond acceptors (Lipinski definition) is 7. The van der Waals surface area contributed by atoms with Gasteiger partial charge in [0, 0.05) is 25.2 Å². The van der Waals surface area contributed by atoms with Crippen molar-refractivity contribution in [3.05, 3.63) is 35.7 Å². The van der Waals surface area contributed by atoms with Crippen molar-refractivity contribution in [3.63, 3.8) is 0 Å². The van der Waals surface area contributed by atoms with Gasteiger partial charge in [0.15, 0.2) is 0 Å². The fraction of sp³-hybridized carbons (Fsp3) is 0.556. The van der Waals surface area contributed by atoms with Crippen LogP contribution in [0.1, 0.15) is 54.7 Å². The first-order valence-electron chi connectivity index (χ1n) is 9.05. The van der Waals surface area contributed by atoms with Crippen LogP contribution in [-0.4, -0.2) is 46.4 Å². The molecule has 2 unspecified atom stereocenters. The van der Waals surface area contributed by atoms with Gasteiger partial charge in [0.1, 0.15) is 5.82 Å². The third-order valence-corrected chi connectivity index (χ3v) is 4.56. The van der Waals surface area contributed by atoms with E-state index in [1.54, 1.807) is 12.3 Å². The van der Waals surface area contributed by atoms with Gasteiger partial charge in [-0.2, -0.15) is 0 Å². The average Bonchev–Trinajstić information content (AvgIpc) is 3.37. The Morgan fingerprint density at radius 2 is 2.00 bits per heavy atom. The number of aromatic nitrogens is 3. The Labute approximate surface area is 151 Å². The molecule has 1 amide bonds. The van der Waals surface area contributed by atoms with Crippen molar-refractivity contribution in [2.75, 3.05) is 18.0 Å². The Kier molecular flexibility index (Phi) is 4.58. The highest BCUT2D eigenvalue weighted by molar-refractivity contribution is 5.93. The summed E-state index contributed by atoms with van der Waals surface area (Å²) in [6, 6.07) is 3.66. The number of carbonyl (C=O) groups excluding carboxylic acids is 1. The number of rotatable bonds is 5. The van der Waals surface area contributed by atoms with Crippen LogP contribution in [0.4, 0.5) is 5.82 Å². The molecule has 2 aromatic rings. The van der Waals surface area contributed by atoms with Gasteiger partial charge < -0.3 is 19.4 Å². The molecule has 1 N–H and O–H groups in total. The van der Waals surface area contributed by atoms with Crippen molar-refractivity contribution in [3.8, 4) is 0 Å². The molecule has 8 nitrogen and oxygen atoms in total. The Morgan fingerprint density at radius 1 is 1.23 bits per heavy atom. The average molecular weight is 357 g/mol. The molecular weight excluding hydrogens is 334 g/mol. The van der Waals surface area contributed by atoms with Crippen LogP contribution in [0.3, 0.4) is 0 Å². The molecule has 3 heterocycles. The molecule has 0 spiro atoms. The van der Waals surface area contributed by atoms with Gasteiger partial charge >= 0.3 is 0 Å². The van der Waals surface area contributed by atoms with E-state index in [1.807, 2.05) is 6.07 Å². The van der Waals surface area contributed by atoms with E-state index < -0.39 is 0 Å². The minimum absolute atomic E-state index is 0.165. The number of nitrogens with one attached hydrogen (secondary N) is 1. The molecule has 1 saturated heterocycles.